The van der Waals surface area contributed by atoms with Gasteiger partial charge in [0.15, 0.2) is 0 Å². The van der Waals surface area contributed by atoms with Crippen LogP contribution in [0.5, 0.6) is 0 Å². The number of rotatable bonds is 5. The minimum Gasteiger partial charge on any atom is -0.455 e. The molecule has 2 aliphatic rings. The van der Waals surface area contributed by atoms with Crippen molar-refractivity contribution in [1.82, 2.24) is 0 Å². The van der Waals surface area contributed by atoms with Crippen LogP contribution < -0.4 is 4.90 Å². The van der Waals surface area contributed by atoms with Gasteiger partial charge in [0.1, 0.15) is 11.2 Å². The first-order chi connectivity index (χ1) is 28.5. The Morgan fingerprint density at radius 2 is 0.983 bits per heavy atom. The lowest BCUT2D eigenvalue weighted by atomic mass is 9.67. The van der Waals surface area contributed by atoms with Crippen LogP contribution in [-0.2, 0) is 10.8 Å². The molecule has 1 aromatic heterocycles. The molecule has 0 saturated heterocycles. The molecule has 12 rings (SSSR count). The summed E-state index contributed by atoms with van der Waals surface area (Å²) in [6, 6.07) is 73.5. The molecular weight excluding hydrogens is 703 g/mol. The van der Waals surface area contributed by atoms with Gasteiger partial charge >= 0.3 is 0 Å². The Morgan fingerprint density at radius 1 is 0.414 bits per heavy atom. The Morgan fingerprint density at radius 3 is 1.72 bits per heavy atom. The number of fused-ring (bicyclic) bond motifs is 13. The van der Waals surface area contributed by atoms with Crippen molar-refractivity contribution < 1.29 is 4.42 Å². The molecule has 2 nitrogen and oxygen atoms in total. The summed E-state index contributed by atoms with van der Waals surface area (Å²) in [5.41, 5.74) is 17.4. The van der Waals surface area contributed by atoms with Crippen molar-refractivity contribution in [1.29, 1.82) is 0 Å². The molecule has 0 amide bonds. The van der Waals surface area contributed by atoms with E-state index in [1.165, 1.54) is 71.8 Å². The predicted molar refractivity (Wildman–Crippen MR) is 241 cm³/mol. The first kappa shape index (κ1) is 33.0. The van der Waals surface area contributed by atoms with Crippen molar-refractivity contribution in [2.75, 3.05) is 4.90 Å². The van der Waals surface area contributed by atoms with Gasteiger partial charge in [0, 0.05) is 38.6 Å². The number of hydrogen-bond acceptors (Lipinski definition) is 2. The molecule has 2 aliphatic carbocycles. The van der Waals surface area contributed by atoms with E-state index in [-0.39, 0.29) is 5.41 Å². The first-order valence-corrected chi connectivity index (χ1v) is 20.3. The highest BCUT2D eigenvalue weighted by atomic mass is 16.3. The Labute approximate surface area is 338 Å². The molecule has 1 heterocycles. The van der Waals surface area contributed by atoms with Gasteiger partial charge in [0.2, 0.25) is 0 Å². The van der Waals surface area contributed by atoms with E-state index >= 15 is 0 Å². The van der Waals surface area contributed by atoms with Crippen molar-refractivity contribution in [2.45, 2.75) is 24.7 Å². The quantitative estimate of drug-likeness (QED) is 0.175. The fourth-order valence-corrected chi connectivity index (χ4v) is 10.7. The van der Waals surface area contributed by atoms with Crippen molar-refractivity contribution in [3.05, 3.63) is 234 Å². The Kier molecular flexibility index (Phi) is 6.93. The third-order valence-corrected chi connectivity index (χ3v) is 13.1. The highest BCUT2D eigenvalue weighted by Crippen LogP contribution is 2.59. The summed E-state index contributed by atoms with van der Waals surface area (Å²) >= 11 is 0. The molecule has 0 atom stereocenters. The molecule has 10 aromatic rings. The van der Waals surface area contributed by atoms with E-state index in [0.717, 1.165) is 33.6 Å². The number of anilines is 3. The maximum Gasteiger partial charge on any atom is 0.143 e. The summed E-state index contributed by atoms with van der Waals surface area (Å²) in [5.74, 6) is 0. The van der Waals surface area contributed by atoms with Crippen molar-refractivity contribution in [3.63, 3.8) is 0 Å². The molecule has 0 aliphatic heterocycles. The van der Waals surface area contributed by atoms with E-state index in [1.807, 2.05) is 0 Å². The van der Waals surface area contributed by atoms with Crippen LogP contribution in [-0.4, -0.2) is 0 Å². The van der Waals surface area contributed by atoms with Gasteiger partial charge in [-0.1, -0.05) is 172 Å². The Balaban J connectivity index is 1.13. The lowest BCUT2D eigenvalue weighted by molar-refractivity contribution is 0.659. The van der Waals surface area contributed by atoms with E-state index in [4.69, 9.17) is 4.42 Å². The lowest BCUT2D eigenvalue weighted by Gasteiger charge is -2.35. The van der Waals surface area contributed by atoms with Gasteiger partial charge in [0.25, 0.3) is 0 Å². The molecule has 58 heavy (non-hydrogen) atoms. The number of para-hydroxylation sites is 2. The lowest BCUT2D eigenvalue weighted by Crippen LogP contribution is -2.28. The normalized spacial score (nSPS) is 14.3. The minimum atomic E-state index is -0.495. The highest BCUT2D eigenvalue weighted by Gasteiger charge is 2.46. The predicted octanol–water partition coefficient (Wildman–Crippen LogP) is 14.9. The maximum absolute atomic E-state index is 6.69. The molecule has 0 fully saturated rings. The van der Waals surface area contributed by atoms with E-state index < -0.39 is 5.41 Å². The molecule has 0 N–H and O–H groups in total. The first-order valence-electron chi connectivity index (χ1n) is 20.3. The van der Waals surface area contributed by atoms with E-state index in [9.17, 15) is 0 Å². The smallest absolute Gasteiger partial charge is 0.143 e. The topological polar surface area (TPSA) is 16.4 Å². The fourth-order valence-electron chi connectivity index (χ4n) is 10.7. The number of furan rings is 1. The van der Waals surface area contributed by atoms with E-state index in [1.54, 1.807) is 0 Å². The highest BCUT2D eigenvalue weighted by molar-refractivity contribution is 6.23. The molecular formula is C56H39NO. The molecule has 2 heteroatoms. The number of nitrogens with zero attached hydrogens (tertiary/aromatic N) is 1. The average Bonchev–Trinajstić information content (AvgIpc) is 3.89. The van der Waals surface area contributed by atoms with Crippen LogP contribution in [0.4, 0.5) is 17.1 Å². The summed E-state index contributed by atoms with van der Waals surface area (Å²) in [7, 11) is 0. The van der Waals surface area contributed by atoms with Crippen molar-refractivity contribution in [3.8, 4) is 22.3 Å². The SMILES string of the molecule is CC1(C)c2ccc(N(c3ccccc3)c3ccc4c(c3)C(c3ccccc3)(c3ccccc3)c3ccccc3-4)cc2-c2c1c1c3ccccc3oc1c1ccccc21. The molecule has 0 radical (unpaired) electrons. The van der Waals surface area contributed by atoms with Crippen LogP contribution in [0.15, 0.2) is 205 Å². The number of hydrogen-bond donors (Lipinski definition) is 0. The fraction of sp³-hybridized carbons (Fsp3) is 0.0714. The molecule has 0 bridgehead atoms. The van der Waals surface area contributed by atoms with Crippen LogP contribution in [0.3, 0.4) is 0 Å². The second-order valence-corrected chi connectivity index (χ2v) is 16.4. The molecule has 9 aromatic carbocycles. The van der Waals surface area contributed by atoms with Crippen LogP contribution in [0.25, 0.3) is 55.0 Å². The van der Waals surface area contributed by atoms with Crippen LogP contribution in [0.1, 0.15) is 47.2 Å². The molecule has 0 spiro atoms. The summed E-state index contributed by atoms with van der Waals surface area (Å²) in [5, 5.41) is 4.78. The van der Waals surface area contributed by atoms with Gasteiger partial charge in [-0.05, 0) is 103 Å². The zero-order chi connectivity index (χ0) is 38.6. The van der Waals surface area contributed by atoms with Crippen molar-refractivity contribution in [2.24, 2.45) is 0 Å². The molecule has 0 saturated carbocycles. The largest absolute Gasteiger partial charge is 0.455 e. The third kappa shape index (κ3) is 4.38. The summed E-state index contributed by atoms with van der Waals surface area (Å²) < 4.78 is 6.69. The van der Waals surface area contributed by atoms with Gasteiger partial charge in [-0.25, -0.2) is 0 Å². The van der Waals surface area contributed by atoms with Gasteiger partial charge in [-0.2, -0.15) is 0 Å². The van der Waals surface area contributed by atoms with Gasteiger partial charge in [0.05, 0.1) is 5.41 Å². The zero-order valence-corrected chi connectivity index (χ0v) is 32.4. The summed E-state index contributed by atoms with van der Waals surface area (Å²) in [6.07, 6.45) is 0. The average molecular weight is 742 g/mol. The monoisotopic (exact) mass is 741 g/mol. The van der Waals surface area contributed by atoms with E-state index in [2.05, 4.69) is 219 Å². The second kappa shape index (κ2) is 12.2. The molecule has 0 unspecified atom stereocenters. The van der Waals surface area contributed by atoms with Crippen molar-refractivity contribution >= 4 is 49.8 Å². The Hall–Kier alpha value is -7.16. The minimum absolute atomic E-state index is 0.250. The summed E-state index contributed by atoms with van der Waals surface area (Å²) in [6.45, 7) is 4.76. The van der Waals surface area contributed by atoms with E-state index in [0.29, 0.717) is 0 Å². The van der Waals surface area contributed by atoms with Crippen LogP contribution in [0.2, 0.25) is 0 Å². The standard InChI is InChI=1S/C56H39NO/c1-55(2)47-33-31-39(34-46(47)51-43-25-12-13-26-44(43)54-52(53(51)55)45-27-15-17-29-50(45)58-54)57(38-22-10-5-11-23-38)40-30-32-42-41-24-14-16-28-48(41)56(49(42)35-40,36-18-6-3-7-19-36)37-20-8-4-9-21-37/h3-35H,1-2H3. The second-order valence-electron chi connectivity index (χ2n) is 16.4. The Bertz CT molecular complexity index is 3210. The van der Waals surface area contributed by atoms with Crippen LogP contribution >= 0.6 is 0 Å². The van der Waals surface area contributed by atoms with Gasteiger partial charge in [-0.3, -0.25) is 0 Å². The van der Waals surface area contributed by atoms with Gasteiger partial charge in [-0.15, -0.1) is 0 Å². The number of benzene rings is 9. The third-order valence-electron chi connectivity index (χ3n) is 13.1. The van der Waals surface area contributed by atoms with Crippen LogP contribution in [0, 0.1) is 0 Å². The summed E-state index contributed by atoms with van der Waals surface area (Å²) in [4.78, 5) is 2.45. The zero-order valence-electron chi connectivity index (χ0n) is 32.4. The maximum atomic E-state index is 6.69. The molecule has 274 valence electrons. The van der Waals surface area contributed by atoms with Gasteiger partial charge < -0.3 is 9.32 Å².